The molecule has 0 aliphatic heterocycles. The monoisotopic (exact) mass is 253 g/mol. The molecule has 0 saturated heterocycles. The molecule has 0 aromatic heterocycles. The van der Waals surface area contributed by atoms with Crippen LogP contribution in [-0.2, 0) is 0 Å². The molecule has 0 aliphatic carbocycles. The summed E-state index contributed by atoms with van der Waals surface area (Å²) in [6.45, 7) is 2.08. The van der Waals surface area contributed by atoms with Crippen LogP contribution in [0.5, 0.6) is 0 Å². The lowest BCUT2D eigenvalue weighted by Crippen LogP contribution is -1.89. The van der Waals surface area contributed by atoms with E-state index in [0.29, 0.717) is 0 Å². The number of halogens is 2. The molecule has 84 valence electrons. The van der Waals surface area contributed by atoms with Gasteiger partial charge < -0.3 is 0 Å². The molecule has 2 aromatic carbocycles. The van der Waals surface area contributed by atoms with Gasteiger partial charge in [-0.2, -0.15) is 3.94 Å². The first-order valence-corrected chi connectivity index (χ1v) is 5.56. The van der Waals surface area contributed by atoms with Crippen molar-refractivity contribution in [3.63, 3.8) is 0 Å². The Hall–Kier alpha value is -1.18. The van der Waals surface area contributed by atoms with E-state index in [4.69, 9.17) is 23.6 Å². The van der Waals surface area contributed by atoms with Crippen LogP contribution >= 0.6 is 23.6 Å². The first kappa shape index (κ1) is 12.9. The molecule has 16 heavy (non-hydrogen) atoms. The smallest absolute Gasteiger partial charge is 0.0709 e. The van der Waals surface area contributed by atoms with Crippen molar-refractivity contribution in [2.45, 2.75) is 6.92 Å². The SMILES string of the molecule is Cc1ccccc1.ClN(Cl)c1ccccc1. The van der Waals surface area contributed by atoms with Gasteiger partial charge in [0.25, 0.3) is 0 Å². The van der Waals surface area contributed by atoms with Crippen LogP contribution in [0.2, 0.25) is 0 Å². The molecule has 0 unspecified atom stereocenters. The number of rotatable bonds is 1. The Balaban J connectivity index is 0.000000165. The highest BCUT2D eigenvalue weighted by atomic mass is 35.5. The number of aryl methyl sites for hydroxylation is 1. The summed E-state index contributed by atoms with van der Waals surface area (Å²) in [5.74, 6) is 0. The normalized spacial score (nSPS) is 8.94. The zero-order valence-electron chi connectivity index (χ0n) is 8.98. The van der Waals surface area contributed by atoms with Crippen LogP contribution in [0.25, 0.3) is 0 Å². The molecule has 0 fully saturated rings. The Morgan fingerprint density at radius 1 is 0.750 bits per heavy atom. The number of para-hydroxylation sites is 1. The second-order valence-electron chi connectivity index (χ2n) is 3.22. The maximum atomic E-state index is 5.40. The van der Waals surface area contributed by atoms with Crippen molar-refractivity contribution in [2.24, 2.45) is 0 Å². The van der Waals surface area contributed by atoms with E-state index in [9.17, 15) is 0 Å². The van der Waals surface area contributed by atoms with E-state index in [1.165, 1.54) is 5.56 Å². The molecule has 0 aliphatic rings. The Morgan fingerprint density at radius 2 is 1.19 bits per heavy atom. The fourth-order valence-corrected chi connectivity index (χ4v) is 1.30. The lowest BCUT2D eigenvalue weighted by Gasteiger charge is -2.02. The van der Waals surface area contributed by atoms with Gasteiger partial charge in [-0.3, -0.25) is 0 Å². The van der Waals surface area contributed by atoms with Gasteiger partial charge in [0.1, 0.15) is 0 Å². The molecule has 2 rings (SSSR count). The second kappa shape index (κ2) is 7.15. The van der Waals surface area contributed by atoms with Crippen LogP contribution in [0.4, 0.5) is 5.69 Å². The van der Waals surface area contributed by atoms with E-state index in [2.05, 4.69) is 19.1 Å². The number of nitrogens with zero attached hydrogens (tertiary/aromatic N) is 1. The zero-order chi connectivity index (χ0) is 11.8. The summed E-state index contributed by atoms with van der Waals surface area (Å²) in [5, 5.41) is 0. The van der Waals surface area contributed by atoms with E-state index in [1.54, 1.807) is 0 Å². The molecule has 0 atom stereocenters. The van der Waals surface area contributed by atoms with Gasteiger partial charge in [-0.15, -0.1) is 0 Å². The zero-order valence-corrected chi connectivity index (χ0v) is 10.5. The van der Waals surface area contributed by atoms with E-state index < -0.39 is 0 Å². The molecule has 2 aromatic rings. The summed E-state index contributed by atoms with van der Waals surface area (Å²) in [4.78, 5) is 0. The van der Waals surface area contributed by atoms with E-state index >= 15 is 0 Å². The predicted octanol–water partition coefficient (Wildman–Crippen LogP) is 4.80. The van der Waals surface area contributed by atoms with E-state index in [0.717, 1.165) is 9.63 Å². The molecular weight excluding hydrogens is 241 g/mol. The van der Waals surface area contributed by atoms with Crippen molar-refractivity contribution in [1.82, 2.24) is 0 Å². The Bertz CT molecular complexity index is 387. The predicted molar refractivity (Wildman–Crippen MR) is 71.8 cm³/mol. The summed E-state index contributed by atoms with van der Waals surface area (Å²) in [7, 11) is 0. The molecule has 0 N–H and O–H groups in total. The van der Waals surface area contributed by atoms with Gasteiger partial charge in [-0.05, 0) is 19.1 Å². The lowest BCUT2D eigenvalue weighted by atomic mass is 10.2. The third kappa shape index (κ3) is 5.06. The van der Waals surface area contributed by atoms with E-state index in [-0.39, 0.29) is 0 Å². The highest BCUT2D eigenvalue weighted by molar-refractivity contribution is 6.49. The molecule has 0 spiro atoms. The molecule has 0 radical (unpaired) electrons. The maximum Gasteiger partial charge on any atom is 0.0709 e. The van der Waals surface area contributed by atoms with Gasteiger partial charge in [0.05, 0.1) is 5.69 Å². The number of benzene rings is 2. The molecule has 0 bridgehead atoms. The average Bonchev–Trinajstić information content (AvgIpc) is 2.32. The van der Waals surface area contributed by atoms with Crippen molar-refractivity contribution >= 4 is 29.2 Å². The molecular formula is C13H13Cl2N. The van der Waals surface area contributed by atoms with Crippen LogP contribution in [0.1, 0.15) is 5.56 Å². The second-order valence-corrected chi connectivity index (χ2v) is 4.07. The van der Waals surface area contributed by atoms with Crippen LogP contribution < -0.4 is 3.94 Å². The lowest BCUT2D eigenvalue weighted by molar-refractivity contribution is 1.48. The number of anilines is 1. The van der Waals surface area contributed by atoms with Gasteiger partial charge in [0, 0.05) is 23.6 Å². The van der Waals surface area contributed by atoms with Gasteiger partial charge in [0.2, 0.25) is 0 Å². The van der Waals surface area contributed by atoms with Gasteiger partial charge in [-0.1, -0.05) is 54.1 Å². The summed E-state index contributed by atoms with van der Waals surface area (Å²) < 4.78 is 1.03. The van der Waals surface area contributed by atoms with Crippen LogP contribution in [-0.4, -0.2) is 0 Å². The van der Waals surface area contributed by atoms with Crippen molar-refractivity contribution in [3.8, 4) is 0 Å². The minimum absolute atomic E-state index is 0.779. The van der Waals surface area contributed by atoms with Crippen LogP contribution in [0, 0.1) is 6.92 Å². The Kier molecular flexibility index (Phi) is 5.76. The van der Waals surface area contributed by atoms with Crippen LogP contribution in [0.3, 0.4) is 0 Å². The number of hydrogen-bond donors (Lipinski definition) is 0. The van der Waals surface area contributed by atoms with Gasteiger partial charge in [0.15, 0.2) is 0 Å². The summed E-state index contributed by atoms with van der Waals surface area (Å²) in [5.41, 5.74) is 2.10. The van der Waals surface area contributed by atoms with Crippen molar-refractivity contribution in [2.75, 3.05) is 3.94 Å². The fraction of sp³-hybridized carbons (Fsp3) is 0.0769. The Morgan fingerprint density at radius 3 is 1.44 bits per heavy atom. The third-order valence-corrected chi connectivity index (χ3v) is 2.28. The first-order valence-electron chi connectivity index (χ1n) is 4.88. The molecule has 3 heteroatoms. The standard InChI is InChI=1S/C7H8.C6H5Cl2N/c1-7-5-3-2-4-6-7;7-9(8)6-4-2-1-3-5-6/h2-6H,1H3;1-5H. The summed E-state index contributed by atoms with van der Waals surface area (Å²) in [6.07, 6.45) is 0. The topological polar surface area (TPSA) is 3.24 Å². The number of hydrogen-bond acceptors (Lipinski definition) is 1. The maximum absolute atomic E-state index is 5.40. The quantitative estimate of drug-likeness (QED) is 0.661. The van der Waals surface area contributed by atoms with Gasteiger partial charge in [-0.25, -0.2) is 0 Å². The third-order valence-electron chi connectivity index (χ3n) is 1.89. The molecule has 0 heterocycles. The molecule has 1 nitrogen and oxygen atoms in total. The summed E-state index contributed by atoms with van der Waals surface area (Å²) >= 11 is 10.8. The minimum atomic E-state index is 0.779. The summed E-state index contributed by atoms with van der Waals surface area (Å²) in [6, 6.07) is 19.5. The van der Waals surface area contributed by atoms with Crippen LogP contribution in [0.15, 0.2) is 60.7 Å². The average molecular weight is 254 g/mol. The van der Waals surface area contributed by atoms with Crippen molar-refractivity contribution in [1.29, 1.82) is 0 Å². The van der Waals surface area contributed by atoms with Gasteiger partial charge >= 0.3 is 0 Å². The molecule has 0 amide bonds. The highest BCUT2D eigenvalue weighted by Crippen LogP contribution is 2.16. The Labute approximate surface area is 106 Å². The van der Waals surface area contributed by atoms with Crippen molar-refractivity contribution in [3.05, 3.63) is 66.2 Å². The van der Waals surface area contributed by atoms with Crippen molar-refractivity contribution < 1.29 is 0 Å². The highest BCUT2D eigenvalue weighted by Gasteiger charge is 1.93. The fourth-order valence-electron chi connectivity index (χ4n) is 1.08. The van der Waals surface area contributed by atoms with E-state index in [1.807, 2.05) is 48.5 Å². The largest absolute Gasteiger partial charge is 0.194 e. The first-order chi connectivity index (χ1) is 7.70. The molecule has 0 saturated carbocycles. The minimum Gasteiger partial charge on any atom is -0.194 e.